The first kappa shape index (κ1) is 12.3. The van der Waals surface area contributed by atoms with E-state index in [1.807, 2.05) is 30.3 Å². The van der Waals surface area contributed by atoms with Crippen molar-refractivity contribution in [1.82, 2.24) is 10.2 Å². The first-order valence-corrected chi connectivity index (χ1v) is 6.75. The monoisotopic (exact) mass is 336 g/mol. The van der Waals surface area contributed by atoms with Gasteiger partial charge in [0.05, 0.1) is 28.1 Å². The molecule has 0 fully saturated rings. The van der Waals surface area contributed by atoms with Crippen molar-refractivity contribution in [1.29, 1.82) is 0 Å². The van der Waals surface area contributed by atoms with Crippen molar-refractivity contribution >= 4 is 55.5 Å². The number of benzene rings is 2. The highest BCUT2D eigenvalue weighted by Gasteiger charge is 2.05. The molecule has 3 rings (SSSR count). The van der Waals surface area contributed by atoms with Crippen molar-refractivity contribution in [3.8, 4) is 0 Å². The van der Waals surface area contributed by atoms with Crippen molar-refractivity contribution in [2.75, 3.05) is 11.1 Å². The van der Waals surface area contributed by atoms with E-state index in [2.05, 4.69) is 31.4 Å². The largest absolute Gasteiger partial charge is 0.397 e. The predicted molar refractivity (Wildman–Crippen MR) is 82.9 cm³/mol. The van der Waals surface area contributed by atoms with E-state index >= 15 is 0 Å². The third-order valence-corrected chi connectivity index (χ3v) is 4.02. The zero-order valence-electron chi connectivity index (χ0n) is 9.74. The van der Waals surface area contributed by atoms with E-state index in [-0.39, 0.29) is 0 Å². The van der Waals surface area contributed by atoms with Crippen LogP contribution in [0.25, 0.3) is 10.9 Å². The average molecular weight is 338 g/mol. The summed E-state index contributed by atoms with van der Waals surface area (Å²) >= 11 is 9.36. The van der Waals surface area contributed by atoms with Gasteiger partial charge in [-0.15, -0.1) is 0 Å². The Hall–Kier alpha value is -1.72. The van der Waals surface area contributed by atoms with E-state index in [1.165, 1.54) is 0 Å². The predicted octanol–water partition coefficient (Wildman–Crippen LogP) is 4.30. The van der Waals surface area contributed by atoms with Crippen molar-refractivity contribution in [2.24, 2.45) is 0 Å². The van der Waals surface area contributed by atoms with Crippen LogP contribution >= 0.6 is 27.5 Å². The molecule has 0 aliphatic carbocycles. The molecule has 0 aliphatic heterocycles. The standard InChI is InChI=1S/C13H10BrClN4/c14-9-4-8(1-2-10(9)15)18-13-5-12-7(3-11(13)16)6-17-19-12/h1-6,18H,16H2,(H,17,19). The van der Waals surface area contributed by atoms with E-state index < -0.39 is 0 Å². The summed E-state index contributed by atoms with van der Waals surface area (Å²) in [6.45, 7) is 0. The zero-order chi connectivity index (χ0) is 13.4. The summed E-state index contributed by atoms with van der Waals surface area (Å²) in [7, 11) is 0. The van der Waals surface area contributed by atoms with Crippen LogP contribution in [0.15, 0.2) is 41.0 Å². The van der Waals surface area contributed by atoms with Crippen LogP contribution in [0.5, 0.6) is 0 Å². The summed E-state index contributed by atoms with van der Waals surface area (Å²) in [6, 6.07) is 9.42. The number of halogens is 2. The summed E-state index contributed by atoms with van der Waals surface area (Å²) in [4.78, 5) is 0. The van der Waals surface area contributed by atoms with Gasteiger partial charge in [-0.3, -0.25) is 5.10 Å². The number of nitrogens with one attached hydrogen (secondary N) is 2. The Bertz CT molecular complexity index is 753. The van der Waals surface area contributed by atoms with Gasteiger partial charge in [-0.25, -0.2) is 0 Å². The molecule has 1 heterocycles. The van der Waals surface area contributed by atoms with Crippen LogP contribution in [0.3, 0.4) is 0 Å². The lowest BCUT2D eigenvalue weighted by atomic mass is 10.2. The molecule has 1 aromatic heterocycles. The number of H-pyrrole nitrogens is 1. The van der Waals surface area contributed by atoms with Crippen LogP contribution in [-0.2, 0) is 0 Å². The van der Waals surface area contributed by atoms with Crippen molar-refractivity contribution in [3.05, 3.63) is 46.0 Å². The Balaban J connectivity index is 1.99. The Morgan fingerprint density at radius 1 is 1.26 bits per heavy atom. The third-order valence-electron chi connectivity index (χ3n) is 2.81. The minimum atomic E-state index is 0.667. The lowest BCUT2D eigenvalue weighted by molar-refractivity contribution is 1.12. The molecule has 6 heteroatoms. The Kier molecular flexibility index (Phi) is 3.08. The number of rotatable bonds is 2. The summed E-state index contributed by atoms with van der Waals surface area (Å²) < 4.78 is 0.834. The van der Waals surface area contributed by atoms with Crippen LogP contribution in [0, 0.1) is 0 Å². The number of anilines is 3. The van der Waals surface area contributed by atoms with Gasteiger partial charge < -0.3 is 11.1 Å². The molecule has 0 atom stereocenters. The summed E-state index contributed by atoms with van der Waals surface area (Å²) in [5, 5.41) is 11.8. The number of hydrogen-bond donors (Lipinski definition) is 3. The Labute approximate surface area is 123 Å². The lowest BCUT2D eigenvalue weighted by Gasteiger charge is -2.10. The fourth-order valence-corrected chi connectivity index (χ4v) is 2.34. The minimum Gasteiger partial charge on any atom is -0.397 e. The maximum Gasteiger partial charge on any atom is 0.0672 e. The van der Waals surface area contributed by atoms with E-state index in [4.69, 9.17) is 17.3 Å². The first-order valence-electron chi connectivity index (χ1n) is 5.58. The maximum atomic E-state index is 6.02. The Morgan fingerprint density at radius 2 is 2.11 bits per heavy atom. The van der Waals surface area contributed by atoms with E-state index in [1.54, 1.807) is 6.20 Å². The zero-order valence-corrected chi connectivity index (χ0v) is 12.1. The second-order valence-corrected chi connectivity index (χ2v) is 5.41. The molecule has 0 unspecified atom stereocenters. The van der Waals surface area contributed by atoms with E-state index in [0.717, 1.165) is 26.8 Å². The highest BCUT2D eigenvalue weighted by Crippen LogP contribution is 2.31. The van der Waals surface area contributed by atoms with E-state index in [9.17, 15) is 0 Å². The topological polar surface area (TPSA) is 66.7 Å². The Morgan fingerprint density at radius 3 is 2.89 bits per heavy atom. The second-order valence-electron chi connectivity index (χ2n) is 4.15. The van der Waals surface area contributed by atoms with Crippen molar-refractivity contribution in [3.63, 3.8) is 0 Å². The van der Waals surface area contributed by atoms with Gasteiger partial charge in [-0.2, -0.15) is 5.10 Å². The SMILES string of the molecule is Nc1cc2cn[nH]c2cc1Nc1ccc(Cl)c(Br)c1. The molecule has 19 heavy (non-hydrogen) atoms. The molecule has 0 amide bonds. The van der Waals surface area contributed by atoms with E-state index in [0.29, 0.717) is 10.7 Å². The molecule has 2 aromatic carbocycles. The van der Waals surface area contributed by atoms with Gasteiger partial charge in [0.15, 0.2) is 0 Å². The highest BCUT2D eigenvalue weighted by molar-refractivity contribution is 9.10. The van der Waals surface area contributed by atoms with Gasteiger partial charge in [0.1, 0.15) is 0 Å². The molecule has 4 nitrogen and oxygen atoms in total. The number of nitrogens with two attached hydrogens (primary N) is 1. The molecule has 0 saturated carbocycles. The van der Waals surface area contributed by atoms with Crippen LogP contribution < -0.4 is 11.1 Å². The van der Waals surface area contributed by atoms with Crippen LogP contribution in [0.2, 0.25) is 5.02 Å². The molecular formula is C13H10BrClN4. The molecule has 0 bridgehead atoms. The summed E-state index contributed by atoms with van der Waals surface area (Å²) in [6.07, 6.45) is 1.74. The van der Waals surface area contributed by atoms with Crippen LogP contribution in [0.1, 0.15) is 0 Å². The second kappa shape index (κ2) is 4.75. The van der Waals surface area contributed by atoms with Gasteiger partial charge in [0.2, 0.25) is 0 Å². The number of nitrogen functional groups attached to an aromatic ring is 1. The fourth-order valence-electron chi connectivity index (χ4n) is 1.85. The summed E-state index contributed by atoms with van der Waals surface area (Å²) in [5.41, 5.74) is 9.35. The smallest absolute Gasteiger partial charge is 0.0672 e. The average Bonchev–Trinajstić information content (AvgIpc) is 2.81. The molecule has 4 N–H and O–H groups in total. The number of fused-ring (bicyclic) bond motifs is 1. The molecule has 0 spiro atoms. The van der Waals surface area contributed by atoms with Crippen molar-refractivity contribution < 1.29 is 0 Å². The van der Waals surface area contributed by atoms with Crippen LogP contribution in [0.4, 0.5) is 17.1 Å². The minimum absolute atomic E-state index is 0.667. The molecule has 96 valence electrons. The highest BCUT2D eigenvalue weighted by atomic mass is 79.9. The molecular weight excluding hydrogens is 328 g/mol. The van der Waals surface area contributed by atoms with Gasteiger partial charge in [-0.1, -0.05) is 11.6 Å². The van der Waals surface area contributed by atoms with Gasteiger partial charge in [0, 0.05) is 15.5 Å². The van der Waals surface area contributed by atoms with Gasteiger partial charge >= 0.3 is 0 Å². The third kappa shape index (κ3) is 2.39. The van der Waals surface area contributed by atoms with Gasteiger partial charge in [-0.05, 0) is 46.3 Å². The molecule has 0 saturated heterocycles. The van der Waals surface area contributed by atoms with Gasteiger partial charge in [0.25, 0.3) is 0 Å². The summed E-state index contributed by atoms with van der Waals surface area (Å²) in [5.74, 6) is 0. The van der Waals surface area contributed by atoms with Crippen molar-refractivity contribution in [2.45, 2.75) is 0 Å². The van der Waals surface area contributed by atoms with Crippen LogP contribution in [-0.4, -0.2) is 10.2 Å². The fraction of sp³-hybridized carbons (Fsp3) is 0. The maximum absolute atomic E-state index is 6.02. The quantitative estimate of drug-likeness (QED) is 0.611. The number of aromatic nitrogens is 2. The first-order chi connectivity index (χ1) is 9.13. The number of nitrogens with zero attached hydrogens (tertiary/aromatic N) is 1. The normalized spacial score (nSPS) is 10.8. The lowest BCUT2D eigenvalue weighted by Crippen LogP contribution is -1.96. The number of aromatic amines is 1. The number of hydrogen-bond acceptors (Lipinski definition) is 3. The molecule has 3 aromatic rings. The molecule has 0 aliphatic rings. The molecule has 0 radical (unpaired) electrons.